The van der Waals surface area contributed by atoms with Gasteiger partial charge in [-0.15, -0.1) is 0 Å². The van der Waals surface area contributed by atoms with Gasteiger partial charge >= 0.3 is 0 Å². The lowest BCUT2D eigenvalue weighted by Gasteiger charge is -2.28. The van der Waals surface area contributed by atoms with Crippen LogP contribution < -0.4 is 15.0 Å². The molecule has 0 unspecified atom stereocenters. The average Bonchev–Trinajstić information content (AvgIpc) is 2.75. The number of fused-ring (bicyclic) bond motifs is 1. The van der Waals surface area contributed by atoms with Crippen LogP contribution in [-0.2, 0) is 9.59 Å². The quantitative estimate of drug-likeness (QED) is 0.746. The van der Waals surface area contributed by atoms with Crippen LogP contribution in [0.2, 0.25) is 0 Å². The number of hydrogen-bond acceptors (Lipinski definition) is 4. The summed E-state index contributed by atoms with van der Waals surface area (Å²) in [6.45, 7) is -0.227. The van der Waals surface area contributed by atoms with Gasteiger partial charge in [0.05, 0.1) is 6.04 Å². The van der Waals surface area contributed by atoms with E-state index in [4.69, 9.17) is 4.74 Å². The first-order chi connectivity index (χ1) is 13.7. The second-order valence-electron chi connectivity index (χ2n) is 6.42. The van der Waals surface area contributed by atoms with Gasteiger partial charge in [-0.3, -0.25) is 14.5 Å². The second kappa shape index (κ2) is 7.92. The molecule has 4 rings (SSSR count). The van der Waals surface area contributed by atoms with Crippen LogP contribution in [0.4, 0.5) is 5.82 Å². The number of carbonyl (C=O) groups is 2. The van der Waals surface area contributed by atoms with E-state index >= 15 is 0 Å². The van der Waals surface area contributed by atoms with Gasteiger partial charge in [0.1, 0.15) is 6.54 Å². The van der Waals surface area contributed by atoms with E-state index < -0.39 is 0 Å². The molecule has 28 heavy (non-hydrogen) atoms. The van der Waals surface area contributed by atoms with Gasteiger partial charge < -0.3 is 10.1 Å². The van der Waals surface area contributed by atoms with Gasteiger partial charge in [-0.2, -0.15) is 0 Å². The molecule has 0 saturated heterocycles. The molecule has 6 nitrogen and oxygen atoms in total. The van der Waals surface area contributed by atoms with Crippen LogP contribution in [0.25, 0.3) is 0 Å². The molecule has 0 fully saturated rings. The van der Waals surface area contributed by atoms with E-state index in [1.54, 1.807) is 18.3 Å². The molecule has 2 heterocycles. The third kappa shape index (κ3) is 3.71. The fourth-order valence-electron chi connectivity index (χ4n) is 3.20. The predicted octanol–water partition coefficient (Wildman–Crippen LogP) is 2.71. The van der Waals surface area contributed by atoms with Gasteiger partial charge in [-0.1, -0.05) is 60.7 Å². The van der Waals surface area contributed by atoms with Crippen LogP contribution in [0, 0.1) is 0 Å². The Morgan fingerprint density at radius 1 is 1.00 bits per heavy atom. The van der Waals surface area contributed by atoms with E-state index in [0.29, 0.717) is 11.6 Å². The maximum absolute atomic E-state index is 12.9. The number of benzene rings is 2. The summed E-state index contributed by atoms with van der Waals surface area (Å²) in [6.07, 6.45) is 1.57. The fraction of sp³-hybridized carbons (Fsp3) is 0.136. The first kappa shape index (κ1) is 17.7. The monoisotopic (exact) mass is 373 g/mol. The SMILES string of the molecule is O=C(CN1C(=O)COc2cccnc21)NC(c1ccccc1)c1ccccc1. The summed E-state index contributed by atoms with van der Waals surface area (Å²) in [5.41, 5.74) is 1.93. The minimum atomic E-state index is -0.311. The first-order valence-electron chi connectivity index (χ1n) is 9.00. The van der Waals surface area contributed by atoms with Crippen molar-refractivity contribution in [1.29, 1.82) is 0 Å². The molecule has 0 aliphatic carbocycles. The number of nitrogens with one attached hydrogen (secondary N) is 1. The molecule has 0 saturated carbocycles. The summed E-state index contributed by atoms with van der Waals surface area (Å²) < 4.78 is 5.38. The average molecular weight is 373 g/mol. The Hall–Kier alpha value is -3.67. The molecular weight excluding hydrogens is 354 g/mol. The fourth-order valence-corrected chi connectivity index (χ4v) is 3.20. The number of rotatable bonds is 5. The Balaban J connectivity index is 1.57. The molecule has 2 amide bonds. The number of carbonyl (C=O) groups excluding carboxylic acids is 2. The van der Waals surface area contributed by atoms with Gasteiger partial charge in [0, 0.05) is 6.20 Å². The van der Waals surface area contributed by atoms with Crippen molar-refractivity contribution < 1.29 is 14.3 Å². The van der Waals surface area contributed by atoms with E-state index in [2.05, 4.69) is 10.3 Å². The van der Waals surface area contributed by atoms with Crippen molar-refractivity contribution in [2.75, 3.05) is 18.1 Å². The number of hydrogen-bond donors (Lipinski definition) is 1. The minimum Gasteiger partial charge on any atom is -0.480 e. The van der Waals surface area contributed by atoms with Crippen molar-refractivity contribution >= 4 is 17.6 Å². The summed E-state index contributed by atoms with van der Waals surface area (Å²) >= 11 is 0. The number of pyridine rings is 1. The zero-order valence-electron chi connectivity index (χ0n) is 15.1. The van der Waals surface area contributed by atoms with Crippen LogP contribution in [0.1, 0.15) is 17.2 Å². The van der Waals surface area contributed by atoms with Crippen molar-refractivity contribution in [3.8, 4) is 5.75 Å². The summed E-state index contributed by atoms with van der Waals surface area (Å²) in [6, 6.07) is 22.6. The van der Waals surface area contributed by atoms with Crippen molar-refractivity contribution in [3.63, 3.8) is 0 Å². The minimum absolute atomic E-state index is 0.104. The number of aromatic nitrogens is 1. The summed E-state index contributed by atoms with van der Waals surface area (Å²) in [7, 11) is 0. The molecule has 0 radical (unpaired) electrons. The van der Waals surface area contributed by atoms with Crippen molar-refractivity contribution in [3.05, 3.63) is 90.1 Å². The van der Waals surface area contributed by atoms with Crippen molar-refractivity contribution in [2.45, 2.75) is 6.04 Å². The Bertz CT molecular complexity index is 937. The zero-order chi connectivity index (χ0) is 19.3. The summed E-state index contributed by atoms with van der Waals surface area (Å²) in [5.74, 6) is 0.296. The third-order valence-corrected chi connectivity index (χ3v) is 4.53. The Morgan fingerprint density at radius 3 is 2.29 bits per heavy atom. The smallest absolute Gasteiger partial charge is 0.266 e. The number of nitrogens with zero attached hydrogens (tertiary/aromatic N) is 2. The van der Waals surface area contributed by atoms with Gasteiger partial charge in [0.25, 0.3) is 5.91 Å². The normalized spacial score (nSPS) is 13.0. The zero-order valence-corrected chi connectivity index (χ0v) is 15.1. The Morgan fingerprint density at radius 2 is 1.64 bits per heavy atom. The predicted molar refractivity (Wildman–Crippen MR) is 105 cm³/mol. The molecule has 1 N–H and O–H groups in total. The highest BCUT2D eigenvalue weighted by molar-refractivity contribution is 6.01. The van der Waals surface area contributed by atoms with Gasteiger partial charge in [0.15, 0.2) is 18.2 Å². The summed E-state index contributed by atoms with van der Waals surface area (Å²) in [5, 5.41) is 3.05. The van der Waals surface area contributed by atoms with Gasteiger partial charge in [0.2, 0.25) is 5.91 Å². The Kier molecular flexibility index (Phi) is 5.01. The standard InChI is InChI=1S/C22H19N3O3/c26-19(14-25-20(27)15-28-18-12-7-13-23-22(18)25)24-21(16-8-3-1-4-9-16)17-10-5-2-6-11-17/h1-13,21H,14-15H2,(H,24,26). The third-order valence-electron chi connectivity index (χ3n) is 4.53. The van der Waals surface area contributed by atoms with Gasteiger partial charge in [-0.25, -0.2) is 4.98 Å². The molecule has 1 aliphatic rings. The lowest BCUT2D eigenvalue weighted by Crippen LogP contribution is -2.46. The maximum Gasteiger partial charge on any atom is 0.266 e. The van der Waals surface area contributed by atoms with Crippen LogP contribution in [-0.4, -0.2) is 29.9 Å². The molecule has 2 aromatic carbocycles. The molecule has 1 aromatic heterocycles. The number of anilines is 1. The second-order valence-corrected chi connectivity index (χ2v) is 6.42. The van der Waals surface area contributed by atoms with Gasteiger partial charge in [-0.05, 0) is 23.3 Å². The molecule has 0 spiro atoms. The van der Waals surface area contributed by atoms with E-state index in [1.807, 2.05) is 60.7 Å². The number of amides is 2. The molecule has 6 heteroatoms. The molecule has 140 valence electrons. The lowest BCUT2D eigenvalue weighted by molar-refractivity contribution is -0.125. The molecule has 0 bridgehead atoms. The molecule has 3 aromatic rings. The highest BCUT2D eigenvalue weighted by atomic mass is 16.5. The van der Waals surface area contributed by atoms with Crippen LogP contribution >= 0.6 is 0 Å². The van der Waals surface area contributed by atoms with Crippen LogP contribution in [0.15, 0.2) is 79.0 Å². The van der Waals surface area contributed by atoms with E-state index in [9.17, 15) is 9.59 Å². The van der Waals surface area contributed by atoms with Crippen molar-refractivity contribution in [1.82, 2.24) is 10.3 Å². The maximum atomic E-state index is 12.9. The lowest BCUT2D eigenvalue weighted by atomic mass is 9.99. The summed E-state index contributed by atoms with van der Waals surface area (Å²) in [4.78, 5) is 30.7. The van der Waals surface area contributed by atoms with Crippen LogP contribution in [0.3, 0.4) is 0 Å². The van der Waals surface area contributed by atoms with Crippen LogP contribution in [0.5, 0.6) is 5.75 Å². The largest absolute Gasteiger partial charge is 0.480 e. The first-order valence-corrected chi connectivity index (χ1v) is 9.00. The highest BCUT2D eigenvalue weighted by Crippen LogP contribution is 2.29. The van der Waals surface area contributed by atoms with Crippen molar-refractivity contribution in [2.24, 2.45) is 0 Å². The number of ether oxygens (including phenoxy) is 1. The van der Waals surface area contributed by atoms with E-state index in [-0.39, 0.29) is 31.0 Å². The Labute approximate surface area is 162 Å². The van der Waals surface area contributed by atoms with E-state index in [1.165, 1.54) is 4.90 Å². The van der Waals surface area contributed by atoms with E-state index in [0.717, 1.165) is 11.1 Å². The molecule has 1 aliphatic heterocycles. The molecular formula is C22H19N3O3. The topological polar surface area (TPSA) is 71.5 Å². The highest BCUT2D eigenvalue weighted by Gasteiger charge is 2.29. The molecule has 0 atom stereocenters.